The Morgan fingerprint density at radius 2 is 1.79 bits per heavy atom. The predicted octanol–water partition coefficient (Wildman–Crippen LogP) is 4.46. The molecule has 0 saturated heterocycles. The van der Waals surface area contributed by atoms with E-state index in [0.29, 0.717) is 12.2 Å². The SMILES string of the molecule is CCc1ccc(OCc2ccc(C#N)cc2)c(Br)c1. The van der Waals surface area contributed by atoms with E-state index in [1.54, 1.807) is 12.1 Å². The van der Waals surface area contributed by atoms with Crippen LogP contribution in [0.2, 0.25) is 0 Å². The number of halogens is 1. The van der Waals surface area contributed by atoms with Crippen molar-refractivity contribution in [3.8, 4) is 11.8 Å². The molecule has 3 heteroatoms. The molecule has 96 valence electrons. The molecule has 0 heterocycles. The van der Waals surface area contributed by atoms with Crippen LogP contribution in [-0.2, 0) is 13.0 Å². The number of hydrogen-bond acceptors (Lipinski definition) is 2. The highest BCUT2D eigenvalue weighted by molar-refractivity contribution is 9.10. The van der Waals surface area contributed by atoms with E-state index in [4.69, 9.17) is 10.00 Å². The summed E-state index contributed by atoms with van der Waals surface area (Å²) in [4.78, 5) is 0. The molecule has 0 N–H and O–H groups in total. The lowest BCUT2D eigenvalue weighted by atomic mass is 10.1. The van der Waals surface area contributed by atoms with Crippen molar-refractivity contribution in [2.45, 2.75) is 20.0 Å². The minimum absolute atomic E-state index is 0.496. The van der Waals surface area contributed by atoms with Gasteiger partial charge in [0.15, 0.2) is 0 Å². The summed E-state index contributed by atoms with van der Waals surface area (Å²) < 4.78 is 6.74. The summed E-state index contributed by atoms with van der Waals surface area (Å²) in [5.41, 5.74) is 2.99. The second kappa shape index (κ2) is 6.40. The van der Waals surface area contributed by atoms with Crippen molar-refractivity contribution in [3.05, 3.63) is 63.6 Å². The van der Waals surface area contributed by atoms with Crippen LogP contribution in [0.4, 0.5) is 0 Å². The first kappa shape index (κ1) is 13.6. The first-order valence-electron chi connectivity index (χ1n) is 6.13. The largest absolute Gasteiger partial charge is 0.488 e. The molecule has 0 saturated carbocycles. The van der Waals surface area contributed by atoms with Crippen molar-refractivity contribution in [1.29, 1.82) is 5.26 Å². The first-order valence-corrected chi connectivity index (χ1v) is 6.92. The fourth-order valence-corrected chi connectivity index (χ4v) is 2.26. The third-order valence-electron chi connectivity index (χ3n) is 2.88. The molecule has 2 aromatic carbocycles. The van der Waals surface area contributed by atoms with Crippen LogP contribution in [0.1, 0.15) is 23.6 Å². The van der Waals surface area contributed by atoms with E-state index in [0.717, 1.165) is 22.2 Å². The average molecular weight is 316 g/mol. The van der Waals surface area contributed by atoms with E-state index in [-0.39, 0.29) is 0 Å². The molecule has 0 spiro atoms. The highest BCUT2D eigenvalue weighted by atomic mass is 79.9. The van der Waals surface area contributed by atoms with Crippen LogP contribution in [0.5, 0.6) is 5.75 Å². The summed E-state index contributed by atoms with van der Waals surface area (Å²) >= 11 is 3.52. The van der Waals surface area contributed by atoms with Gasteiger partial charge in [0.25, 0.3) is 0 Å². The number of hydrogen-bond donors (Lipinski definition) is 0. The topological polar surface area (TPSA) is 33.0 Å². The van der Waals surface area contributed by atoms with Crippen LogP contribution < -0.4 is 4.74 Å². The van der Waals surface area contributed by atoms with Gasteiger partial charge in [0.2, 0.25) is 0 Å². The van der Waals surface area contributed by atoms with Crippen LogP contribution >= 0.6 is 15.9 Å². The van der Waals surface area contributed by atoms with Gasteiger partial charge in [0.05, 0.1) is 16.1 Å². The molecular formula is C16H14BrNO. The van der Waals surface area contributed by atoms with Crippen molar-refractivity contribution in [3.63, 3.8) is 0 Å². The Morgan fingerprint density at radius 1 is 1.11 bits per heavy atom. The minimum Gasteiger partial charge on any atom is -0.488 e. The van der Waals surface area contributed by atoms with Crippen molar-refractivity contribution in [2.75, 3.05) is 0 Å². The Hall–Kier alpha value is -1.79. The van der Waals surface area contributed by atoms with E-state index < -0.39 is 0 Å². The maximum Gasteiger partial charge on any atom is 0.134 e. The van der Waals surface area contributed by atoms with Gasteiger partial charge in [0.1, 0.15) is 12.4 Å². The fraction of sp³-hybridized carbons (Fsp3) is 0.188. The quantitative estimate of drug-likeness (QED) is 0.834. The Kier molecular flexibility index (Phi) is 4.59. The van der Waals surface area contributed by atoms with E-state index in [9.17, 15) is 0 Å². The second-order valence-electron chi connectivity index (χ2n) is 4.22. The number of benzene rings is 2. The number of rotatable bonds is 4. The number of ether oxygens (including phenoxy) is 1. The molecule has 0 atom stereocenters. The molecule has 0 unspecified atom stereocenters. The maximum atomic E-state index is 8.73. The minimum atomic E-state index is 0.496. The summed E-state index contributed by atoms with van der Waals surface area (Å²) in [6, 6.07) is 15.6. The molecule has 0 radical (unpaired) electrons. The smallest absolute Gasteiger partial charge is 0.134 e. The van der Waals surface area contributed by atoms with Crippen LogP contribution in [0.15, 0.2) is 46.9 Å². The molecule has 2 aromatic rings. The van der Waals surface area contributed by atoms with Gasteiger partial charge in [-0.1, -0.05) is 25.1 Å². The summed E-state index contributed by atoms with van der Waals surface area (Å²) in [7, 11) is 0. The predicted molar refractivity (Wildman–Crippen MR) is 79.0 cm³/mol. The zero-order chi connectivity index (χ0) is 13.7. The van der Waals surface area contributed by atoms with Crippen molar-refractivity contribution in [1.82, 2.24) is 0 Å². The molecule has 19 heavy (non-hydrogen) atoms. The number of nitriles is 1. The van der Waals surface area contributed by atoms with Gasteiger partial charge in [-0.15, -0.1) is 0 Å². The number of aryl methyl sites for hydroxylation is 1. The Bertz CT molecular complexity index is 599. The average Bonchev–Trinajstić information content (AvgIpc) is 2.46. The van der Waals surface area contributed by atoms with Gasteiger partial charge in [-0.25, -0.2) is 0 Å². The first-order chi connectivity index (χ1) is 9.22. The third kappa shape index (κ3) is 3.59. The highest BCUT2D eigenvalue weighted by Crippen LogP contribution is 2.27. The van der Waals surface area contributed by atoms with E-state index in [1.807, 2.05) is 18.2 Å². The van der Waals surface area contributed by atoms with Crippen molar-refractivity contribution in [2.24, 2.45) is 0 Å². The zero-order valence-corrected chi connectivity index (χ0v) is 12.3. The molecule has 2 rings (SSSR count). The maximum absolute atomic E-state index is 8.73. The molecule has 0 aromatic heterocycles. The van der Waals surface area contributed by atoms with E-state index >= 15 is 0 Å². The third-order valence-corrected chi connectivity index (χ3v) is 3.50. The Labute approximate surface area is 121 Å². The van der Waals surface area contributed by atoms with Gasteiger partial charge >= 0.3 is 0 Å². The lowest BCUT2D eigenvalue weighted by molar-refractivity contribution is 0.304. The van der Waals surface area contributed by atoms with Crippen LogP contribution in [-0.4, -0.2) is 0 Å². The zero-order valence-electron chi connectivity index (χ0n) is 10.7. The summed E-state index contributed by atoms with van der Waals surface area (Å²) in [6.45, 7) is 2.62. The number of nitrogens with zero attached hydrogens (tertiary/aromatic N) is 1. The van der Waals surface area contributed by atoms with Crippen LogP contribution in [0, 0.1) is 11.3 Å². The Balaban J connectivity index is 2.04. The molecule has 0 aliphatic heterocycles. The molecule has 0 aliphatic carbocycles. The lowest BCUT2D eigenvalue weighted by Crippen LogP contribution is -1.96. The Morgan fingerprint density at radius 3 is 2.37 bits per heavy atom. The van der Waals surface area contributed by atoms with Gasteiger partial charge in [0, 0.05) is 0 Å². The summed E-state index contributed by atoms with van der Waals surface area (Å²) in [5.74, 6) is 0.835. The molecule has 0 fully saturated rings. The highest BCUT2D eigenvalue weighted by Gasteiger charge is 2.02. The fourth-order valence-electron chi connectivity index (χ4n) is 1.72. The molecule has 2 nitrogen and oxygen atoms in total. The van der Waals surface area contributed by atoms with Gasteiger partial charge in [-0.3, -0.25) is 0 Å². The van der Waals surface area contributed by atoms with Gasteiger partial charge in [-0.2, -0.15) is 5.26 Å². The van der Waals surface area contributed by atoms with Crippen LogP contribution in [0.25, 0.3) is 0 Å². The van der Waals surface area contributed by atoms with Gasteiger partial charge < -0.3 is 4.74 Å². The van der Waals surface area contributed by atoms with Crippen molar-refractivity contribution >= 4 is 15.9 Å². The molecule has 0 aliphatic rings. The monoisotopic (exact) mass is 315 g/mol. The molecule has 0 bridgehead atoms. The van der Waals surface area contributed by atoms with Gasteiger partial charge in [-0.05, 0) is 57.7 Å². The lowest BCUT2D eigenvalue weighted by Gasteiger charge is -2.09. The molecular weight excluding hydrogens is 302 g/mol. The standard InChI is InChI=1S/C16H14BrNO/c1-2-12-7-8-16(15(17)9-12)19-11-14-5-3-13(10-18)4-6-14/h3-9H,2,11H2,1H3. The van der Waals surface area contributed by atoms with E-state index in [2.05, 4.69) is 41.1 Å². The normalized spacial score (nSPS) is 9.95. The summed E-state index contributed by atoms with van der Waals surface area (Å²) in [5, 5.41) is 8.73. The van der Waals surface area contributed by atoms with E-state index in [1.165, 1.54) is 5.56 Å². The molecule has 0 amide bonds. The summed E-state index contributed by atoms with van der Waals surface area (Å²) in [6.07, 6.45) is 1.01. The van der Waals surface area contributed by atoms with Crippen LogP contribution in [0.3, 0.4) is 0 Å². The second-order valence-corrected chi connectivity index (χ2v) is 5.07. The van der Waals surface area contributed by atoms with Crippen molar-refractivity contribution < 1.29 is 4.74 Å².